The van der Waals surface area contributed by atoms with Gasteiger partial charge in [-0.1, -0.05) is 39.7 Å². The molecule has 26 heavy (non-hydrogen) atoms. The predicted octanol–water partition coefficient (Wildman–Crippen LogP) is 4.01. The number of halogens is 2. The van der Waals surface area contributed by atoms with Crippen LogP contribution >= 0.6 is 27.5 Å². The minimum atomic E-state index is -4.11. The van der Waals surface area contributed by atoms with Gasteiger partial charge in [-0.05, 0) is 48.4 Å². The first-order valence-corrected chi connectivity index (χ1v) is 10.3. The van der Waals surface area contributed by atoms with Gasteiger partial charge in [0.2, 0.25) is 5.91 Å². The Morgan fingerprint density at radius 2 is 2.00 bits per heavy atom. The van der Waals surface area contributed by atoms with Crippen molar-refractivity contribution in [2.24, 2.45) is 0 Å². The van der Waals surface area contributed by atoms with E-state index in [1.54, 1.807) is 30.3 Å². The Morgan fingerprint density at radius 3 is 2.73 bits per heavy atom. The van der Waals surface area contributed by atoms with E-state index in [1.807, 2.05) is 13.0 Å². The molecular formula is C18H14BrClN2O3S. The number of nitrogens with one attached hydrogen (secondary N) is 1. The number of aryl methyl sites for hydroxylation is 1. The van der Waals surface area contributed by atoms with E-state index < -0.39 is 15.9 Å². The highest BCUT2D eigenvalue weighted by Gasteiger charge is 2.22. The summed E-state index contributed by atoms with van der Waals surface area (Å²) in [4.78, 5) is 16.3. The van der Waals surface area contributed by atoms with Gasteiger partial charge in [0.15, 0.2) is 0 Å². The summed E-state index contributed by atoms with van der Waals surface area (Å²) in [7, 11) is -4.11. The molecule has 0 spiro atoms. The number of benzene rings is 2. The fraction of sp³-hybridized carbons (Fsp3) is 0.111. The molecule has 0 aliphatic rings. The first kappa shape index (κ1) is 18.8. The maximum atomic E-state index is 12.7. The number of pyridine rings is 1. The van der Waals surface area contributed by atoms with Crippen LogP contribution in [0.3, 0.4) is 0 Å². The third-order valence-electron chi connectivity index (χ3n) is 3.83. The molecule has 0 saturated carbocycles. The van der Waals surface area contributed by atoms with Crippen LogP contribution in [-0.4, -0.2) is 19.3 Å². The van der Waals surface area contributed by atoms with Crippen LogP contribution in [0.1, 0.15) is 11.1 Å². The molecule has 5 nitrogen and oxygen atoms in total. The van der Waals surface area contributed by atoms with Crippen molar-refractivity contribution in [1.29, 1.82) is 0 Å². The Morgan fingerprint density at radius 1 is 1.23 bits per heavy atom. The largest absolute Gasteiger partial charge is 0.274 e. The van der Waals surface area contributed by atoms with E-state index in [1.165, 1.54) is 12.3 Å². The summed E-state index contributed by atoms with van der Waals surface area (Å²) < 4.78 is 28.4. The number of hydrogen-bond donors (Lipinski definition) is 1. The summed E-state index contributed by atoms with van der Waals surface area (Å²) in [5.41, 5.74) is 1.90. The Labute approximate surface area is 164 Å². The number of carbonyl (C=O) groups is 1. The van der Waals surface area contributed by atoms with E-state index in [2.05, 4.69) is 25.6 Å². The van der Waals surface area contributed by atoms with Gasteiger partial charge in [-0.3, -0.25) is 9.78 Å². The molecule has 3 aromatic rings. The van der Waals surface area contributed by atoms with Crippen molar-refractivity contribution < 1.29 is 13.2 Å². The second-order valence-corrected chi connectivity index (χ2v) is 8.76. The zero-order valence-electron chi connectivity index (χ0n) is 13.7. The monoisotopic (exact) mass is 452 g/mol. The lowest BCUT2D eigenvalue weighted by Crippen LogP contribution is -2.32. The summed E-state index contributed by atoms with van der Waals surface area (Å²) in [5, 5.41) is 0.832. The van der Waals surface area contributed by atoms with Crippen molar-refractivity contribution >= 4 is 54.4 Å². The highest BCUT2D eigenvalue weighted by atomic mass is 79.9. The number of amides is 1. The predicted molar refractivity (Wildman–Crippen MR) is 105 cm³/mol. The lowest BCUT2D eigenvalue weighted by molar-refractivity contribution is -0.118. The summed E-state index contributed by atoms with van der Waals surface area (Å²) in [6.07, 6.45) is 1.44. The van der Waals surface area contributed by atoms with Gasteiger partial charge in [-0.2, -0.15) is 0 Å². The van der Waals surface area contributed by atoms with E-state index in [-0.39, 0.29) is 21.9 Å². The first-order chi connectivity index (χ1) is 12.3. The maximum Gasteiger partial charge on any atom is 0.266 e. The van der Waals surface area contributed by atoms with Gasteiger partial charge in [0.25, 0.3) is 10.0 Å². The van der Waals surface area contributed by atoms with Crippen LogP contribution in [0.15, 0.2) is 58.0 Å². The number of fused-ring (bicyclic) bond motifs is 1. The fourth-order valence-electron chi connectivity index (χ4n) is 2.60. The minimum absolute atomic E-state index is 0.0513. The molecule has 134 valence electrons. The van der Waals surface area contributed by atoms with E-state index >= 15 is 0 Å². The topological polar surface area (TPSA) is 76.1 Å². The van der Waals surface area contributed by atoms with Crippen molar-refractivity contribution in [2.45, 2.75) is 18.2 Å². The molecule has 3 rings (SSSR count). The van der Waals surface area contributed by atoms with Crippen LogP contribution in [0, 0.1) is 6.92 Å². The van der Waals surface area contributed by atoms with Gasteiger partial charge in [-0.25, -0.2) is 13.1 Å². The van der Waals surface area contributed by atoms with Crippen molar-refractivity contribution in [1.82, 2.24) is 9.71 Å². The molecule has 0 radical (unpaired) electrons. The van der Waals surface area contributed by atoms with E-state index in [0.29, 0.717) is 5.39 Å². The highest BCUT2D eigenvalue weighted by molar-refractivity contribution is 9.10. The zero-order chi connectivity index (χ0) is 18.9. The minimum Gasteiger partial charge on any atom is -0.274 e. The highest BCUT2D eigenvalue weighted by Crippen LogP contribution is 2.26. The van der Waals surface area contributed by atoms with Gasteiger partial charge in [-0.15, -0.1) is 0 Å². The quantitative estimate of drug-likeness (QED) is 0.648. The second-order valence-electron chi connectivity index (χ2n) is 5.76. The number of aromatic nitrogens is 1. The summed E-state index contributed by atoms with van der Waals surface area (Å²) in [5.74, 6) is -0.625. The standard InChI is InChI=1S/C18H14BrClN2O3S/c1-11-7-14(19)5-4-12(11)9-17(23)22-26(24,25)16-10-15(20)8-13-3-2-6-21-18(13)16/h2-8,10H,9H2,1H3,(H,22,23). The average molecular weight is 454 g/mol. The van der Waals surface area contributed by atoms with Crippen LogP contribution < -0.4 is 4.72 Å². The van der Waals surface area contributed by atoms with Crippen LogP contribution in [0.5, 0.6) is 0 Å². The van der Waals surface area contributed by atoms with Gasteiger partial charge in [0.05, 0.1) is 11.9 Å². The molecule has 0 bridgehead atoms. The van der Waals surface area contributed by atoms with Gasteiger partial charge >= 0.3 is 0 Å². The van der Waals surface area contributed by atoms with Crippen LogP contribution in [0.4, 0.5) is 0 Å². The molecule has 0 fully saturated rings. The van der Waals surface area contributed by atoms with Crippen molar-refractivity contribution in [3.8, 4) is 0 Å². The van der Waals surface area contributed by atoms with Gasteiger partial charge in [0, 0.05) is 21.1 Å². The Hall–Kier alpha value is -1.96. The molecule has 0 aliphatic heterocycles. The Balaban J connectivity index is 1.91. The molecule has 8 heteroatoms. The second kappa shape index (κ2) is 7.34. The van der Waals surface area contributed by atoms with Gasteiger partial charge < -0.3 is 0 Å². The lowest BCUT2D eigenvalue weighted by Gasteiger charge is -2.11. The van der Waals surface area contributed by atoms with Crippen molar-refractivity contribution in [2.75, 3.05) is 0 Å². The normalized spacial score (nSPS) is 11.5. The van der Waals surface area contributed by atoms with Gasteiger partial charge in [0.1, 0.15) is 4.90 Å². The molecule has 1 N–H and O–H groups in total. The number of nitrogens with zero attached hydrogens (tertiary/aromatic N) is 1. The average Bonchev–Trinajstić information content (AvgIpc) is 2.56. The SMILES string of the molecule is Cc1cc(Br)ccc1CC(=O)NS(=O)(=O)c1cc(Cl)cc2cccnc12. The molecular weight excluding hydrogens is 440 g/mol. The first-order valence-electron chi connectivity index (χ1n) is 7.61. The van der Waals surface area contributed by atoms with E-state index in [4.69, 9.17) is 11.6 Å². The maximum absolute atomic E-state index is 12.7. The summed E-state index contributed by atoms with van der Waals surface area (Å²) in [6, 6.07) is 11.8. The number of carbonyl (C=O) groups excluding carboxylic acids is 1. The zero-order valence-corrected chi connectivity index (χ0v) is 16.8. The lowest BCUT2D eigenvalue weighted by atomic mass is 10.1. The third kappa shape index (κ3) is 4.06. The Kier molecular flexibility index (Phi) is 5.32. The van der Waals surface area contributed by atoms with E-state index in [9.17, 15) is 13.2 Å². The van der Waals surface area contributed by atoms with Crippen LogP contribution in [0.25, 0.3) is 10.9 Å². The number of hydrogen-bond acceptors (Lipinski definition) is 4. The van der Waals surface area contributed by atoms with Crippen molar-refractivity contribution in [3.63, 3.8) is 0 Å². The van der Waals surface area contributed by atoms with Crippen LogP contribution in [0.2, 0.25) is 5.02 Å². The molecule has 0 aliphatic carbocycles. The van der Waals surface area contributed by atoms with Crippen LogP contribution in [-0.2, 0) is 21.2 Å². The molecule has 1 heterocycles. The molecule has 0 unspecified atom stereocenters. The molecule has 0 saturated heterocycles. The third-order valence-corrected chi connectivity index (χ3v) is 5.93. The smallest absolute Gasteiger partial charge is 0.266 e. The van der Waals surface area contributed by atoms with Crippen molar-refractivity contribution in [3.05, 3.63) is 69.3 Å². The van der Waals surface area contributed by atoms with E-state index in [0.717, 1.165) is 15.6 Å². The number of sulfonamides is 1. The molecule has 1 amide bonds. The Bertz CT molecular complexity index is 1120. The number of rotatable bonds is 4. The molecule has 0 atom stereocenters. The summed E-state index contributed by atoms with van der Waals surface area (Å²) in [6.45, 7) is 1.86. The molecule has 2 aromatic carbocycles. The fourth-order valence-corrected chi connectivity index (χ4v) is 4.56. The summed E-state index contributed by atoms with van der Waals surface area (Å²) >= 11 is 9.38. The molecule has 1 aromatic heterocycles.